The smallest absolute Gasteiger partial charge is 0.253 e. The quantitative estimate of drug-likeness (QED) is 0.912. The summed E-state index contributed by atoms with van der Waals surface area (Å²) in [5, 5.41) is 2.71. The Labute approximate surface area is 131 Å². The van der Waals surface area contributed by atoms with Crippen molar-refractivity contribution in [3.05, 3.63) is 46.3 Å². The van der Waals surface area contributed by atoms with Crippen LogP contribution in [0.2, 0.25) is 4.34 Å². The minimum absolute atomic E-state index is 0.139. The lowest BCUT2D eigenvalue weighted by molar-refractivity contribution is -0.116. The van der Waals surface area contributed by atoms with E-state index in [9.17, 15) is 13.2 Å². The van der Waals surface area contributed by atoms with Gasteiger partial charge in [0, 0.05) is 12.2 Å². The van der Waals surface area contributed by atoms with Crippen molar-refractivity contribution in [1.29, 1.82) is 0 Å². The molecule has 0 saturated carbocycles. The maximum Gasteiger partial charge on any atom is 0.253 e. The molecule has 1 N–H and O–H groups in total. The van der Waals surface area contributed by atoms with E-state index in [-0.39, 0.29) is 23.2 Å². The topological polar surface area (TPSA) is 66.5 Å². The zero-order valence-corrected chi connectivity index (χ0v) is 13.1. The van der Waals surface area contributed by atoms with Crippen LogP contribution in [0, 0.1) is 0 Å². The third-order valence-electron chi connectivity index (χ3n) is 3.10. The van der Waals surface area contributed by atoms with Crippen LogP contribution < -0.4 is 5.32 Å². The van der Waals surface area contributed by atoms with Crippen molar-refractivity contribution in [2.75, 3.05) is 11.9 Å². The minimum Gasteiger partial charge on any atom is -0.325 e. The molecule has 110 valence electrons. The number of amides is 1. The van der Waals surface area contributed by atoms with E-state index in [2.05, 4.69) is 5.32 Å². The second-order valence-electron chi connectivity index (χ2n) is 4.54. The Hall–Kier alpha value is -1.41. The number of sulfonamides is 1. The van der Waals surface area contributed by atoms with E-state index in [1.807, 2.05) is 6.07 Å². The fourth-order valence-corrected chi connectivity index (χ4v) is 5.12. The van der Waals surface area contributed by atoms with E-state index in [4.69, 9.17) is 11.6 Å². The summed E-state index contributed by atoms with van der Waals surface area (Å²) in [6.45, 7) is -0.0701. The maximum absolute atomic E-state index is 12.6. The summed E-state index contributed by atoms with van der Waals surface area (Å²) in [5.74, 6) is -0.355. The molecule has 0 aliphatic carbocycles. The molecule has 1 aliphatic heterocycles. The van der Waals surface area contributed by atoms with Crippen LogP contribution in [0.25, 0.3) is 0 Å². The third kappa shape index (κ3) is 2.82. The number of benzene rings is 1. The standard InChI is InChI=1S/C13H11ClN2O3S2/c14-11-5-6-13(20-11)21(18,19)16-7-9-3-1-2-4-10(9)15-12(17)8-16/h1-6H,7-8H2,(H,15,17). The zero-order chi connectivity index (χ0) is 15.0. The van der Waals surface area contributed by atoms with Crippen molar-refractivity contribution >= 4 is 44.6 Å². The van der Waals surface area contributed by atoms with E-state index >= 15 is 0 Å². The van der Waals surface area contributed by atoms with Gasteiger partial charge in [-0.1, -0.05) is 29.8 Å². The minimum atomic E-state index is -3.73. The monoisotopic (exact) mass is 342 g/mol. The molecule has 0 atom stereocenters. The summed E-state index contributed by atoms with van der Waals surface area (Å²) in [6.07, 6.45) is 0. The molecule has 0 saturated heterocycles. The Kier molecular flexibility index (Phi) is 3.75. The molecule has 0 spiro atoms. The van der Waals surface area contributed by atoms with Gasteiger partial charge in [0.25, 0.3) is 10.0 Å². The van der Waals surface area contributed by atoms with Crippen LogP contribution in [0.3, 0.4) is 0 Å². The molecule has 21 heavy (non-hydrogen) atoms. The van der Waals surface area contributed by atoms with Crippen molar-refractivity contribution in [3.63, 3.8) is 0 Å². The lowest BCUT2D eigenvalue weighted by atomic mass is 10.2. The Morgan fingerprint density at radius 3 is 2.62 bits per heavy atom. The normalized spacial score (nSPS) is 16.1. The average Bonchev–Trinajstić information content (AvgIpc) is 2.79. The average molecular weight is 343 g/mol. The number of para-hydroxylation sites is 1. The highest BCUT2D eigenvalue weighted by molar-refractivity contribution is 7.91. The first kappa shape index (κ1) is 14.5. The van der Waals surface area contributed by atoms with Crippen LogP contribution in [0.4, 0.5) is 5.69 Å². The van der Waals surface area contributed by atoms with Crippen LogP contribution >= 0.6 is 22.9 Å². The van der Waals surface area contributed by atoms with Gasteiger partial charge < -0.3 is 5.32 Å². The van der Waals surface area contributed by atoms with Crippen LogP contribution in [-0.4, -0.2) is 25.2 Å². The van der Waals surface area contributed by atoms with E-state index < -0.39 is 10.0 Å². The maximum atomic E-state index is 12.6. The van der Waals surface area contributed by atoms with Gasteiger partial charge >= 0.3 is 0 Å². The molecular formula is C13H11ClN2O3S2. The molecule has 2 heterocycles. The number of hydrogen-bond acceptors (Lipinski definition) is 4. The molecule has 1 amide bonds. The van der Waals surface area contributed by atoms with Gasteiger partial charge in [-0.25, -0.2) is 8.42 Å². The summed E-state index contributed by atoms with van der Waals surface area (Å²) < 4.78 is 26.9. The van der Waals surface area contributed by atoms with E-state index in [1.165, 1.54) is 12.1 Å². The van der Waals surface area contributed by atoms with Crippen molar-refractivity contribution < 1.29 is 13.2 Å². The summed E-state index contributed by atoms with van der Waals surface area (Å²) >= 11 is 6.79. The summed E-state index contributed by atoms with van der Waals surface area (Å²) in [4.78, 5) is 11.9. The summed E-state index contributed by atoms with van der Waals surface area (Å²) in [7, 11) is -3.73. The molecule has 0 bridgehead atoms. The molecular weight excluding hydrogens is 332 g/mol. The molecule has 0 radical (unpaired) electrons. The molecule has 2 aromatic rings. The highest BCUT2D eigenvalue weighted by Crippen LogP contribution is 2.30. The number of halogens is 1. The van der Waals surface area contributed by atoms with Gasteiger partial charge in [-0.05, 0) is 23.8 Å². The fraction of sp³-hybridized carbons (Fsp3) is 0.154. The number of fused-ring (bicyclic) bond motifs is 1. The Morgan fingerprint density at radius 2 is 1.90 bits per heavy atom. The van der Waals surface area contributed by atoms with Crippen LogP contribution in [-0.2, 0) is 21.4 Å². The first-order chi connectivity index (χ1) is 9.96. The lowest BCUT2D eigenvalue weighted by Crippen LogP contribution is -2.34. The van der Waals surface area contributed by atoms with Crippen molar-refractivity contribution in [2.45, 2.75) is 10.8 Å². The van der Waals surface area contributed by atoms with E-state index in [0.717, 1.165) is 21.2 Å². The number of nitrogens with zero attached hydrogens (tertiary/aromatic N) is 1. The first-order valence-electron chi connectivity index (χ1n) is 6.10. The van der Waals surface area contributed by atoms with Crippen molar-refractivity contribution in [3.8, 4) is 0 Å². The van der Waals surface area contributed by atoms with Crippen LogP contribution in [0.15, 0.2) is 40.6 Å². The first-order valence-corrected chi connectivity index (χ1v) is 8.73. The number of thiophene rings is 1. The molecule has 1 aromatic heterocycles. The molecule has 3 rings (SSSR count). The zero-order valence-electron chi connectivity index (χ0n) is 10.7. The molecule has 1 aliphatic rings. The second kappa shape index (κ2) is 5.42. The number of nitrogens with one attached hydrogen (secondary N) is 1. The van der Waals surface area contributed by atoms with Gasteiger partial charge in [-0.2, -0.15) is 4.31 Å². The van der Waals surface area contributed by atoms with Crippen molar-refractivity contribution in [2.24, 2.45) is 0 Å². The number of carbonyl (C=O) groups excluding carboxylic acids is 1. The van der Waals surface area contributed by atoms with Gasteiger partial charge in [-0.15, -0.1) is 11.3 Å². The van der Waals surface area contributed by atoms with Crippen molar-refractivity contribution in [1.82, 2.24) is 4.31 Å². The fourth-order valence-electron chi connectivity index (χ4n) is 2.11. The predicted molar refractivity (Wildman–Crippen MR) is 82.0 cm³/mol. The van der Waals surface area contributed by atoms with E-state index in [0.29, 0.717) is 10.0 Å². The van der Waals surface area contributed by atoms with Gasteiger partial charge in [0.15, 0.2) is 0 Å². The van der Waals surface area contributed by atoms with Gasteiger partial charge in [0.1, 0.15) is 4.21 Å². The molecule has 8 heteroatoms. The van der Waals surface area contributed by atoms with Crippen LogP contribution in [0.1, 0.15) is 5.56 Å². The molecule has 1 aromatic carbocycles. The summed E-state index contributed by atoms with van der Waals surface area (Å²) in [5.41, 5.74) is 1.40. The van der Waals surface area contributed by atoms with Gasteiger partial charge in [0.05, 0.1) is 10.9 Å². The Balaban J connectivity index is 2.01. The van der Waals surface area contributed by atoms with E-state index in [1.54, 1.807) is 18.2 Å². The van der Waals surface area contributed by atoms with Gasteiger partial charge in [-0.3, -0.25) is 4.79 Å². The lowest BCUT2D eigenvalue weighted by Gasteiger charge is -2.18. The largest absolute Gasteiger partial charge is 0.325 e. The SMILES string of the molecule is O=C1CN(S(=O)(=O)c2ccc(Cl)s2)Cc2ccccc2N1. The number of anilines is 1. The predicted octanol–water partition coefficient (Wildman–Crippen LogP) is 2.54. The van der Waals surface area contributed by atoms with Gasteiger partial charge in [0.2, 0.25) is 5.91 Å². The highest BCUT2D eigenvalue weighted by Gasteiger charge is 2.31. The molecule has 5 nitrogen and oxygen atoms in total. The third-order valence-corrected chi connectivity index (χ3v) is 6.59. The number of hydrogen-bond donors (Lipinski definition) is 1. The second-order valence-corrected chi connectivity index (χ2v) is 8.42. The highest BCUT2D eigenvalue weighted by atomic mass is 35.5. The number of rotatable bonds is 2. The Bertz CT molecular complexity index is 801. The number of carbonyl (C=O) groups is 1. The molecule has 0 unspecified atom stereocenters. The molecule has 0 fully saturated rings. The summed E-state index contributed by atoms with van der Waals surface area (Å²) in [6, 6.07) is 10.1. The Morgan fingerprint density at radius 1 is 1.14 bits per heavy atom. The van der Waals surface area contributed by atoms with Crippen LogP contribution in [0.5, 0.6) is 0 Å².